The number of alkyl halides is 3. The predicted octanol–water partition coefficient (Wildman–Crippen LogP) is -0.259. The normalized spacial score (nSPS) is 23.9. The number of halogens is 3. The van der Waals surface area contributed by atoms with Gasteiger partial charge in [-0.3, -0.25) is 9.59 Å². The molecule has 1 fully saturated rings. The molecule has 2 amide bonds. The first kappa shape index (κ1) is 14.3. The highest BCUT2D eigenvalue weighted by molar-refractivity contribution is 5.91. The first-order chi connectivity index (χ1) is 8.08. The first-order valence-corrected chi connectivity index (χ1v) is 4.97. The van der Waals surface area contributed by atoms with Crippen LogP contribution in [0.3, 0.4) is 0 Å². The number of amides is 2. The number of likely N-dealkylation sites (tertiary alicyclic amines) is 1. The number of carboxylic acid groups (broad SMARTS) is 1. The maximum Gasteiger partial charge on any atom is 0.471 e. The van der Waals surface area contributed by atoms with Gasteiger partial charge in [-0.15, -0.1) is 0 Å². The summed E-state index contributed by atoms with van der Waals surface area (Å²) in [5.41, 5.74) is -2.07. The molecule has 1 unspecified atom stereocenters. The highest BCUT2D eigenvalue weighted by Gasteiger charge is 2.51. The summed E-state index contributed by atoms with van der Waals surface area (Å²) in [6.07, 6.45) is -5.42. The molecule has 102 valence electrons. The molecule has 0 spiro atoms. The van der Waals surface area contributed by atoms with Crippen LogP contribution in [-0.4, -0.2) is 52.6 Å². The van der Waals surface area contributed by atoms with Gasteiger partial charge in [0.1, 0.15) is 0 Å². The van der Waals surface area contributed by atoms with Gasteiger partial charge in [0.2, 0.25) is 5.91 Å². The largest absolute Gasteiger partial charge is 0.479 e. The number of carboxylic acids is 1. The molecule has 0 aromatic heterocycles. The average molecular weight is 268 g/mol. The van der Waals surface area contributed by atoms with E-state index >= 15 is 0 Å². The Labute approximate surface area is 99.7 Å². The van der Waals surface area contributed by atoms with Crippen LogP contribution < -0.4 is 5.32 Å². The topological polar surface area (TPSA) is 86.7 Å². The molecule has 0 aromatic rings. The lowest BCUT2D eigenvalue weighted by Gasteiger charge is -2.26. The Morgan fingerprint density at radius 1 is 1.33 bits per heavy atom. The van der Waals surface area contributed by atoms with Gasteiger partial charge < -0.3 is 15.3 Å². The summed E-state index contributed by atoms with van der Waals surface area (Å²) < 4.78 is 36.3. The molecule has 1 saturated heterocycles. The fourth-order valence-corrected chi connectivity index (χ4v) is 1.70. The second-order valence-electron chi connectivity index (χ2n) is 4.03. The fourth-order valence-electron chi connectivity index (χ4n) is 1.70. The molecule has 1 heterocycles. The van der Waals surface area contributed by atoms with E-state index in [-0.39, 0.29) is 13.0 Å². The van der Waals surface area contributed by atoms with Gasteiger partial charge in [0.05, 0.1) is 6.54 Å². The molecule has 1 atom stereocenters. The van der Waals surface area contributed by atoms with E-state index in [1.165, 1.54) is 12.2 Å². The maximum absolute atomic E-state index is 12.1. The van der Waals surface area contributed by atoms with Crippen molar-refractivity contribution in [1.29, 1.82) is 0 Å². The van der Waals surface area contributed by atoms with Crippen molar-refractivity contribution in [2.75, 3.05) is 13.1 Å². The molecule has 0 aromatic carbocycles. The van der Waals surface area contributed by atoms with Crippen LogP contribution in [0.25, 0.3) is 0 Å². The number of hydrogen-bond donors (Lipinski definition) is 2. The second kappa shape index (κ2) is 4.46. The van der Waals surface area contributed by atoms with Crippen LogP contribution in [0.15, 0.2) is 0 Å². The van der Waals surface area contributed by atoms with Gasteiger partial charge in [-0.05, 0) is 0 Å². The summed E-state index contributed by atoms with van der Waals surface area (Å²) in [6.45, 7) is 0.683. The van der Waals surface area contributed by atoms with E-state index in [9.17, 15) is 27.6 Å². The summed E-state index contributed by atoms with van der Waals surface area (Å²) in [5.74, 6) is -4.38. The summed E-state index contributed by atoms with van der Waals surface area (Å²) in [7, 11) is 0. The third-order valence-corrected chi connectivity index (χ3v) is 2.73. The molecule has 0 aliphatic carbocycles. The minimum absolute atomic E-state index is 0.0141. The Bertz CT molecular complexity index is 396. The van der Waals surface area contributed by atoms with E-state index < -0.39 is 36.0 Å². The molecular formula is C9H11F3N2O4. The number of rotatable bonds is 2. The summed E-state index contributed by atoms with van der Waals surface area (Å²) >= 11 is 0. The van der Waals surface area contributed by atoms with Crippen LogP contribution in [0.1, 0.15) is 13.3 Å². The Morgan fingerprint density at radius 3 is 2.22 bits per heavy atom. The first-order valence-electron chi connectivity index (χ1n) is 4.97. The van der Waals surface area contributed by atoms with Gasteiger partial charge in [0.15, 0.2) is 5.54 Å². The van der Waals surface area contributed by atoms with Crippen LogP contribution in [0.2, 0.25) is 0 Å². The van der Waals surface area contributed by atoms with E-state index in [0.29, 0.717) is 0 Å². The quantitative estimate of drug-likeness (QED) is 0.722. The van der Waals surface area contributed by atoms with Crippen molar-refractivity contribution < 1.29 is 32.7 Å². The third-order valence-electron chi connectivity index (χ3n) is 2.73. The average Bonchev–Trinajstić information content (AvgIpc) is 2.62. The monoisotopic (exact) mass is 268 g/mol. The predicted molar refractivity (Wildman–Crippen MR) is 51.4 cm³/mol. The number of hydrogen-bond acceptors (Lipinski definition) is 3. The van der Waals surface area contributed by atoms with Crippen molar-refractivity contribution >= 4 is 17.8 Å². The van der Waals surface area contributed by atoms with E-state index in [1.54, 1.807) is 0 Å². The van der Waals surface area contributed by atoms with E-state index in [2.05, 4.69) is 0 Å². The van der Waals surface area contributed by atoms with Crippen molar-refractivity contribution in [2.24, 2.45) is 0 Å². The zero-order chi connectivity index (χ0) is 14.1. The van der Waals surface area contributed by atoms with Crippen LogP contribution in [0.4, 0.5) is 13.2 Å². The molecular weight excluding hydrogens is 257 g/mol. The molecule has 1 aliphatic rings. The Balaban J connectivity index is 2.89. The van der Waals surface area contributed by atoms with Crippen molar-refractivity contribution in [1.82, 2.24) is 10.2 Å². The lowest BCUT2D eigenvalue weighted by Crippen LogP contribution is -2.59. The van der Waals surface area contributed by atoms with E-state index in [4.69, 9.17) is 5.11 Å². The highest BCUT2D eigenvalue weighted by atomic mass is 19.4. The lowest BCUT2D eigenvalue weighted by atomic mass is 9.99. The number of carbonyl (C=O) groups excluding carboxylic acids is 2. The Morgan fingerprint density at radius 2 is 1.89 bits per heavy atom. The zero-order valence-corrected chi connectivity index (χ0v) is 9.37. The third kappa shape index (κ3) is 2.71. The fraction of sp³-hybridized carbons (Fsp3) is 0.667. The van der Waals surface area contributed by atoms with Crippen molar-refractivity contribution in [3.8, 4) is 0 Å². The van der Waals surface area contributed by atoms with E-state index in [0.717, 1.165) is 4.90 Å². The Hall–Kier alpha value is -1.80. The number of nitrogens with one attached hydrogen (secondary N) is 1. The summed E-state index contributed by atoms with van der Waals surface area (Å²) in [4.78, 5) is 33.9. The summed E-state index contributed by atoms with van der Waals surface area (Å²) in [6, 6.07) is 0. The van der Waals surface area contributed by atoms with Crippen LogP contribution in [-0.2, 0) is 14.4 Å². The molecule has 0 bridgehead atoms. The number of aliphatic carboxylic acids is 1. The lowest BCUT2D eigenvalue weighted by molar-refractivity contribution is -0.177. The molecule has 2 N–H and O–H groups in total. The summed E-state index contributed by atoms with van der Waals surface area (Å²) in [5, 5.41) is 10.4. The molecule has 18 heavy (non-hydrogen) atoms. The molecule has 6 nitrogen and oxygen atoms in total. The van der Waals surface area contributed by atoms with Gasteiger partial charge >= 0.3 is 18.1 Å². The standard InChI is InChI=1S/C9H11F3N2O4/c1-5(15)14-3-2-8(4-14,7(17)18)13-6(16)9(10,11)12/h2-4H2,1H3,(H,13,16)(H,17,18). The van der Waals surface area contributed by atoms with Crippen molar-refractivity contribution in [3.63, 3.8) is 0 Å². The van der Waals surface area contributed by atoms with Crippen LogP contribution in [0, 0.1) is 0 Å². The van der Waals surface area contributed by atoms with Gasteiger partial charge in [-0.2, -0.15) is 13.2 Å². The highest BCUT2D eigenvalue weighted by Crippen LogP contribution is 2.24. The minimum Gasteiger partial charge on any atom is -0.479 e. The smallest absolute Gasteiger partial charge is 0.471 e. The molecule has 0 radical (unpaired) electrons. The van der Waals surface area contributed by atoms with Crippen LogP contribution in [0.5, 0.6) is 0 Å². The molecule has 1 aliphatic heterocycles. The minimum atomic E-state index is -5.16. The number of carbonyl (C=O) groups is 3. The molecule has 1 rings (SSSR count). The Kier molecular flexibility index (Phi) is 3.54. The van der Waals surface area contributed by atoms with E-state index in [1.807, 2.05) is 0 Å². The SMILES string of the molecule is CC(=O)N1CCC(NC(=O)C(F)(F)F)(C(=O)O)C1. The molecule has 9 heteroatoms. The van der Waals surface area contributed by atoms with Crippen LogP contribution >= 0.6 is 0 Å². The molecule has 0 saturated carbocycles. The van der Waals surface area contributed by atoms with Gasteiger partial charge in [-0.1, -0.05) is 0 Å². The second-order valence-corrected chi connectivity index (χ2v) is 4.03. The van der Waals surface area contributed by atoms with Crippen molar-refractivity contribution in [2.45, 2.75) is 25.1 Å². The number of nitrogens with zero attached hydrogens (tertiary/aromatic N) is 1. The maximum atomic E-state index is 12.1. The van der Waals surface area contributed by atoms with Gasteiger partial charge in [0, 0.05) is 19.9 Å². The van der Waals surface area contributed by atoms with Gasteiger partial charge in [-0.25, -0.2) is 4.79 Å². The zero-order valence-electron chi connectivity index (χ0n) is 9.37. The van der Waals surface area contributed by atoms with Gasteiger partial charge in [0.25, 0.3) is 0 Å². The van der Waals surface area contributed by atoms with Crippen molar-refractivity contribution in [3.05, 3.63) is 0 Å².